The minimum absolute atomic E-state index is 0.112. The number of non-ortho nitro benzene ring substituents is 1. The van der Waals surface area contributed by atoms with Crippen molar-refractivity contribution in [2.45, 2.75) is 38.7 Å². The van der Waals surface area contributed by atoms with E-state index in [-0.39, 0.29) is 28.7 Å². The van der Waals surface area contributed by atoms with Crippen LogP contribution in [0.2, 0.25) is 0 Å². The van der Waals surface area contributed by atoms with Crippen LogP contribution in [0.4, 0.5) is 20.2 Å². The lowest BCUT2D eigenvalue weighted by molar-refractivity contribution is -0.384. The number of anilines is 1. The second kappa shape index (κ2) is 8.74. The van der Waals surface area contributed by atoms with Crippen LogP contribution in [-0.2, 0) is 11.3 Å². The molecule has 0 atom stereocenters. The Morgan fingerprint density at radius 1 is 1.28 bits per heavy atom. The molecule has 0 spiro atoms. The molecule has 1 aliphatic carbocycles. The first kappa shape index (κ1) is 21.4. The number of carbonyl (C=O) groups is 1. The molecule has 1 fully saturated rings. The Morgan fingerprint density at radius 3 is 2.69 bits per heavy atom. The highest BCUT2D eigenvalue weighted by molar-refractivity contribution is 5.91. The number of nitro benzene ring substituents is 1. The van der Waals surface area contributed by atoms with Gasteiger partial charge in [-0.1, -0.05) is 18.2 Å². The molecule has 8 nitrogen and oxygen atoms in total. The van der Waals surface area contributed by atoms with E-state index in [0.717, 1.165) is 23.1 Å². The summed E-state index contributed by atoms with van der Waals surface area (Å²) in [6.45, 7) is 1.39. The average Bonchev–Trinajstić information content (AvgIpc) is 3.50. The predicted molar refractivity (Wildman–Crippen MR) is 112 cm³/mol. The first-order valence-electron chi connectivity index (χ1n) is 9.99. The number of alkyl halides is 2. The fraction of sp³-hybridized carbons (Fsp3) is 0.273. The molecule has 166 valence electrons. The maximum absolute atomic E-state index is 13.4. The van der Waals surface area contributed by atoms with Gasteiger partial charge in [0.05, 0.1) is 22.4 Å². The number of nitro groups is 1. The molecule has 10 heteroatoms. The fourth-order valence-corrected chi connectivity index (χ4v) is 3.29. The summed E-state index contributed by atoms with van der Waals surface area (Å²) in [5.41, 5.74) is 0.881. The maximum atomic E-state index is 13.4. The Balaban J connectivity index is 1.54. The zero-order chi connectivity index (χ0) is 22.8. The second-order valence-corrected chi connectivity index (χ2v) is 7.62. The van der Waals surface area contributed by atoms with Crippen LogP contribution in [0.15, 0.2) is 48.5 Å². The van der Waals surface area contributed by atoms with Crippen molar-refractivity contribution in [2.75, 3.05) is 5.32 Å². The van der Waals surface area contributed by atoms with Crippen LogP contribution >= 0.6 is 0 Å². The average molecular weight is 442 g/mol. The maximum Gasteiger partial charge on any atom is 0.280 e. The number of rotatable bonds is 8. The molecule has 3 aromatic rings. The molecule has 0 unspecified atom stereocenters. The van der Waals surface area contributed by atoms with Crippen molar-refractivity contribution >= 4 is 17.3 Å². The molecule has 2 aromatic carbocycles. The van der Waals surface area contributed by atoms with E-state index >= 15 is 0 Å². The summed E-state index contributed by atoms with van der Waals surface area (Å²) in [5.74, 6) is 0.192. The van der Waals surface area contributed by atoms with Gasteiger partial charge in [0.2, 0.25) is 5.91 Å². The summed E-state index contributed by atoms with van der Waals surface area (Å²) in [5, 5.41) is 18.0. The molecule has 0 bridgehead atoms. The molecule has 32 heavy (non-hydrogen) atoms. The minimum atomic E-state index is -2.77. The van der Waals surface area contributed by atoms with E-state index in [4.69, 9.17) is 4.74 Å². The van der Waals surface area contributed by atoms with E-state index in [1.54, 1.807) is 12.1 Å². The lowest BCUT2D eigenvalue weighted by Gasteiger charge is -2.11. The largest absolute Gasteiger partial charge is 0.457 e. The number of para-hydroxylation sites is 1. The van der Waals surface area contributed by atoms with Gasteiger partial charge in [0, 0.05) is 18.1 Å². The zero-order valence-electron chi connectivity index (χ0n) is 17.1. The molecule has 1 aliphatic rings. The molecule has 1 heterocycles. The van der Waals surface area contributed by atoms with Gasteiger partial charge in [-0.15, -0.1) is 0 Å². The van der Waals surface area contributed by atoms with Gasteiger partial charge in [0.25, 0.3) is 12.1 Å². The normalized spacial score (nSPS) is 13.2. The first-order valence-corrected chi connectivity index (χ1v) is 9.99. The standard InChI is InChI=1S/C22H20F2N4O4/c1-13-4-2-3-5-20(13)32-17-9-15(8-16(10-17)28(30)31)25-21(29)12-27-19(22(23)24)11-18(26-27)14-6-7-14/h2-5,8-11,14,22H,6-7,12H2,1H3,(H,25,29). The Hall–Kier alpha value is -3.82. The Bertz CT molecular complexity index is 1170. The molecule has 0 aliphatic heterocycles. The van der Waals surface area contributed by atoms with Gasteiger partial charge < -0.3 is 10.1 Å². The van der Waals surface area contributed by atoms with Crippen molar-refractivity contribution in [3.63, 3.8) is 0 Å². The highest BCUT2D eigenvalue weighted by atomic mass is 19.3. The lowest BCUT2D eigenvalue weighted by Crippen LogP contribution is -2.21. The van der Waals surface area contributed by atoms with Crippen molar-refractivity contribution in [1.29, 1.82) is 0 Å². The number of halogens is 2. The van der Waals surface area contributed by atoms with Crippen LogP contribution in [-0.4, -0.2) is 20.6 Å². The third-order valence-corrected chi connectivity index (χ3v) is 5.05. The number of nitrogens with zero attached hydrogens (tertiary/aromatic N) is 3. The SMILES string of the molecule is Cc1ccccc1Oc1cc(NC(=O)Cn2nc(C3CC3)cc2C(F)F)cc([N+](=O)[O-])c1. The smallest absolute Gasteiger partial charge is 0.280 e. The molecule has 1 aromatic heterocycles. The molecule has 1 N–H and O–H groups in total. The highest BCUT2D eigenvalue weighted by Crippen LogP contribution is 2.40. The molecule has 0 radical (unpaired) electrons. The third kappa shape index (κ3) is 4.90. The van der Waals surface area contributed by atoms with E-state index in [9.17, 15) is 23.7 Å². The summed E-state index contributed by atoms with van der Waals surface area (Å²) >= 11 is 0. The van der Waals surface area contributed by atoms with E-state index < -0.39 is 23.8 Å². The van der Waals surface area contributed by atoms with E-state index in [1.165, 1.54) is 24.3 Å². The quantitative estimate of drug-likeness (QED) is 0.375. The van der Waals surface area contributed by atoms with Gasteiger partial charge in [-0.25, -0.2) is 8.78 Å². The van der Waals surface area contributed by atoms with E-state index in [0.29, 0.717) is 11.4 Å². The van der Waals surface area contributed by atoms with Crippen molar-refractivity contribution < 1.29 is 23.2 Å². The predicted octanol–water partition coefficient (Wildman–Crippen LogP) is 5.35. The summed E-state index contributed by atoms with van der Waals surface area (Å²) < 4.78 is 33.4. The summed E-state index contributed by atoms with van der Waals surface area (Å²) in [6, 6.07) is 12.3. The summed E-state index contributed by atoms with van der Waals surface area (Å²) in [6.07, 6.45) is -0.985. The summed E-state index contributed by atoms with van der Waals surface area (Å²) in [4.78, 5) is 23.3. The van der Waals surface area contributed by atoms with E-state index in [2.05, 4.69) is 10.4 Å². The lowest BCUT2D eigenvalue weighted by atomic mass is 10.2. The molecular weight excluding hydrogens is 422 g/mol. The van der Waals surface area contributed by atoms with Gasteiger partial charge in [-0.2, -0.15) is 5.10 Å². The van der Waals surface area contributed by atoms with E-state index in [1.807, 2.05) is 19.1 Å². The van der Waals surface area contributed by atoms with Gasteiger partial charge in [0.15, 0.2) is 0 Å². The van der Waals surface area contributed by atoms with Crippen molar-refractivity contribution in [1.82, 2.24) is 9.78 Å². The number of hydrogen-bond acceptors (Lipinski definition) is 5. The van der Waals surface area contributed by atoms with Crippen molar-refractivity contribution in [3.05, 3.63) is 75.6 Å². The molecular formula is C22H20F2N4O4. The van der Waals surface area contributed by atoms with Crippen LogP contribution in [0, 0.1) is 17.0 Å². The molecule has 0 saturated heterocycles. The monoisotopic (exact) mass is 442 g/mol. The fourth-order valence-electron chi connectivity index (χ4n) is 3.29. The first-order chi connectivity index (χ1) is 15.3. The van der Waals surface area contributed by atoms with Gasteiger partial charge in [0.1, 0.15) is 23.7 Å². The van der Waals surface area contributed by atoms with Gasteiger partial charge in [-0.3, -0.25) is 19.6 Å². The van der Waals surface area contributed by atoms with Gasteiger partial charge in [-0.05, 0) is 37.5 Å². The number of amides is 1. The highest BCUT2D eigenvalue weighted by Gasteiger charge is 2.29. The van der Waals surface area contributed by atoms with Crippen LogP contribution in [0.1, 0.15) is 42.1 Å². The topological polar surface area (TPSA) is 99.3 Å². The molecule has 4 rings (SSSR count). The Morgan fingerprint density at radius 2 is 2.03 bits per heavy atom. The number of ether oxygens (including phenoxy) is 1. The molecule has 1 amide bonds. The second-order valence-electron chi connectivity index (χ2n) is 7.62. The van der Waals surface area contributed by atoms with Gasteiger partial charge >= 0.3 is 0 Å². The number of carbonyl (C=O) groups excluding carboxylic acids is 1. The number of hydrogen-bond donors (Lipinski definition) is 1. The Labute approximate surface area is 182 Å². The third-order valence-electron chi connectivity index (χ3n) is 5.05. The van der Waals surface area contributed by atoms with Crippen LogP contribution in [0.25, 0.3) is 0 Å². The number of nitrogens with one attached hydrogen (secondary N) is 1. The van der Waals surface area contributed by atoms with Crippen LogP contribution < -0.4 is 10.1 Å². The zero-order valence-corrected chi connectivity index (χ0v) is 17.1. The van der Waals surface area contributed by atoms with Crippen molar-refractivity contribution in [3.8, 4) is 11.5 Å². The minimum Gasteiger partial charge on any atom is -0.457 e. The Kier molecular flexibility index (Phi) is 5.85. The van der Waals surface area contributed by atoms with Crippen molar-refractivity contribution in [2.24, 2.45) is 0 Å². The van der Waals surface area contributed by atoms with Crippen LogP contribution in [0.3, 0.4) is 0 Å². The summed E-state index contributed by atoms with van der Waals surface area (Å²) in [7, 11) is 0. The number of aromatic nitrogens is 2. The molecule has 1 saturated carbocycles. The number of aryl methyl sites for hydroxylation is 1. The van der Waals surface area contributed by atoms with Crippen LogP contribution in [0.5, 0.6) is 11.5 Å². The number of benzene rings is 2.